The van der Waals surface area contributed by atoms with Gasteiger partial charge in [0.2, 0.25) is 5.91 Å². The first-order valence-corrected chi connectivity index (χ1v) is 3.33. The molecule has 0 aromatic heterocycles. The lowest BCUT2D eigenvalue weighted by atomic mass is 10.1. The lowest BCUT2D eigenvalue weighted by molar-refractivity contribution is -0.142. The number of nitrogens with one attached hydrogen (secondary N) is 1. The minimum absolute atomic E-state index is 0.698. The molecule has 2 N–H and O–H groups in total. The zero-order valence-electron chi connectivity index (χ0n) is 11.9. The molecule has 4 nitrogen and oxygen atoms in total. The fourth-order valence-electron chi connectivity index (χ4n) is 0.644. The molecule has 0 rings (SSSR count). The van der Waals surface area contributed by atoms with Crippen molar-refractivity contribution < 1.29 is 21.5 Å². The van der Waals surface area contributed by atoms with Gasteiger partial charge in [-0.3, -0.25) is 4.79 Å². The molecule has 0 aliphatic carbocycles. The Bertz CT molecular complexity index is 315. The Hall–Kier alpha value is -1.06. The summed E-state index contributed by atoms with van der Waals surface area (Å²) in [4.78, 5) is 21.6. The maximum absolute atomic E-state index is 10.8. The Morgan fingerprint density at radius 2 is 2.42 bits per heavy atom. The third-order valence-corrected chi connectivity index (χ3v) is 1.04. The number of hydrogen-bond acceptors (Lipinski definition) is 2. The molecule has 4 heteroatoms. The summed E-state index contributed by atoms with van der Waals surface area (Å²) >= 11 is 0. The van der Waals surface area contributed by atoms with Gasteiger partial charge in [-0.05, 0) is 12.3 Å². The van der Waals surface area contributed by atoms with Crippen LogP contribution in [-0.4, -0.2) is 23.0 Å². The molecule has 0 saturated carbocycles. The van der Waals surface area contributed by atoms with Gasteiger partial charge in [-0.2, -0.15) is 0 Å². The van der Waals surface area contributed by atoms with Crippen molar-refractivity contribution in [3.63, 3.8) is 0 Å². The molecule has 0 saturated heterocycles. The monoisotopic (exact) mass is 179 g/mol. The predicted octanol–water partition coefficient (Wildman–Crippen LogP) is 0.622. The third-order valence-electron chi connectivity index (χ3n) is 1.04. The number of amides is 1. The average molecular weight is 179 g/mol. The highest BCUT2D eigenvalue weighted by Gasteiger charge is 2.18. The van der Waals surface area contributed by atoms with Crippen molar-refractivity contribution in [2.24, 2.45) is 5.89 Å². The summed E-state index contributed by atoms with van der Waals surface area (Å²) in [5.41, 5.74) is 0. The highest BCUT2D eigenvalue weighted by atomic mass is 16.4. The average Bonchev–Trinajstić information content (AvgIpc) is 2.10. The lowest BCUT2D eigenvalue weighted by Gasteiger charge is -2.14. The summed E-state index contributed by atoms with van der Waals surface area (Å²) in [7, 11) is 0. The molecule has 0 fully saturated rings. The molecule has 0 aromatic carbocycles. The Kier molecular flexibility index (Phi) is 1.91. The van der Waals surface area contributed by atoms with Crippen LogP contribution in [-0.2, 0) is 9.59 Å². The summed E-state index contributed by atoms with van der Waals surface area (Å²) < 4.78 is 36.5. The van der Waals surface area contributed by atoms with Gasteiger partial charge >= 0.3 is 5.97 Å². The van der Waals surface area contributed by atoms with Crippen LogP contribution in [0.5, 0.6) is 0 Å². The quantitative estimate of drug-likeness (QED) is 0.622. The van der Waals surface area contributed by atoms with E-state index in [0.717, 1.165) is 13.8 Å². The van der Waals surface area contributed by atoms with E-state index in [4.69, 9.17) is 12.0 Å². The maximum Gasteiger partial charge on any atom is 0.326 e. The van der Waals surface area contributed by atoms with Gasteiger partial charge in [0.05, 0.1) is 0 Å². The van der Waals surface area contributed by atoms with Gasteiger partial charge in [0.15, 0.2) is 0 Å². The van der Waals surface area contributed by atoms with Crippen molar-refractivity contribution in [2.45, 2.75) is 33.1 Å². The molecule has 0 heterocycles. The van der Waals surface area contributed by atoms with E-state index < -0.39 is 37.1 Å². The fraction of sp³-hybridized carbons (Fsp3) is 0.750. The molecule has 0 aliphatic rings. The minimum Gasteiger partial charge on any atom is -0.480 e. The Morgan fingerprint density at radius 1 is 1.83 bits per heavy atom. The van der Waals surface area contributed by atoms with E-state index in [0.29, 0.717) is 0 Å². The molecule has 0 aliphatic heterocycles. The molecule has 3 unspecified atom stereocenters. The molecular weight excluding hydrogens is 159 g/mol. The largest absolute Gasteiger partial charge is 0.480 e. The molecule has 1 amide bonds. The second-order valence-electron chi connectivity index (χ2n) is 2.37. The van der Waals surface area contributed by atoms with Crippen molar-refractivity contribution in [3.8, 4) is 0 Å². The van der Waals surface area contributed by atoms with E-state index in [1.807, 2.05) is 5.32 Å². The Morgan fingerprint density at radius 3 is 2.75 bits per heavy atom. The SMILES string of the molecule is [2H]C(C(NC(C)=O)C(=O)O)C([2H])([13CH3])C([2H])([2H])[2H]. The first-order chi connectivity index (χ1) is 7.41. The summed E-state index contributed by atoms with van der Waals surface area (Å²) in [6.07, 6.45) is -1.81. The highest BCUT2D eigenvalue weighted by Crippen LogP contribution is 2.04. The highest BCUT2D eigenvalue weighted by molar-refractivity contribution is 5.81. The Labute approximate surface area is 79.0 Å². The second-order valence-corrected chi connectivity index (χ2v) is 2.37. The molecule has 0 bridgehead atoms. The summed E-state index contributed by atoms with van der Waals surface area (Å²) in [6, 6.07) is -1.73. The van der Waals surface area contributed by atoms with Gasteiger partial charge in [-0.25, -0.2) is 4.79 Å². The van der Waals surface area contributed by atoms with Crippen LogP contribution < -0.4 is 5.32 Å². The van der Waals surface area contributed by atoms with Crippen molar-refractivity contribution in [3.05, 3.63) is 0 Å². The zero-order valence-corrected chi connectivity index (χ0v) is 6.92. The number of carbonyl (C=O) groups excluding carboxylic acids is 1. The minimum atomic E-state index is -2.81. The molecule has 70 valence electrons. The van der Waals surface area contributed by atoms with Gasteiger partial charge in [0.1, 0.15) is 6.04 Å². The number of carboxylic acids is 1. The molecule has 0 radical (unpaired) electrons. The molecular formula is C8H15NO3. The standard InChI is InChI=1S/C8H15NO3/c1-5(2)4-7(8(11)12)9-6(3)10/h5,7H,4H2,1-3H3,(H,9,10)(H,11,12)/i1D3,2+1,4D,5D. The van der Waals surface area contributed by atoms with Crippen molar-refractivity contribution >= 4 is 11.9 Å². The smallest absolute Gasteiger partial charge is 0.326 e. The third kappa shape index (κ3) is 4.71. The molecule has 12 heavy (non-hydrogen) atoms. The van der Waals surface area contributed by atoms with Gasteiger partial charge in [-0.1, -0.05) is 13.8 Å². The van der Waals surface area contributed by atoms with Crippen LogP contribution in [0, 0.1) is 5.89 Å². The van der Waals surface area contributed by atoms with Crippen LogP contribution in [0.4, 0.5) is 0 Å². The molecule has 0 spiro atoms. The van der Waals surface area contributed by atoms with Gasteiger partial charge in [0.25, 0.3) is 0 Å². The van der Waals surface area contributed by atoms with E-state index in [1.54, 1.807) is 0 Å². The first-order valence-electron chi connectivity index (χ1n) is 5.91. The van der Waals surface area contributed by atoms with Crippen molar-refractivity contribution in [1.29, 1.82) is 0 Å². The second kappa shape index (κ2) is 4.74. The topological polar surface area (TPSA) is 66.4 Å². The van der Waals surface area contributed by atoms with E-state index in [2.05, 4.69) is 0 Å². The van der Waals surface area contributed by atoms with Crippen molar-refractivity contribution in [2.75, 3.05) is 0 Å². The number of rotatable bonds is 4. The number of hydrogen-bond donors (Lipinski definition) is 2. The molecule has 0 aromatic rings. The van der Waals surface area contributed by atoms with Gasteiger partial charge < -0.3 is 10.4 Å². The number of carboxylic acid groups (broad SMARTS) is 1. The van der Waals surface area contributed by atoms with Crippen LogP contribution in [0.3, 0.4) is 0 Å². The Balaban J connectivity index is 5.15. The summed E-state index contributed by atoms with van der Waals surface area (Å²) in [6.45, 7) is -0.805. The maximum atomic E-state index is 10.8. The van der Waals surface area contributed by atoms with E-state index in [1.165, 1.54) is 0 Å². The number of carbonyl (C=O) groups is 2. The first kappa shape index (κ1) is 4.84. The van der Waals surface area contributed by atoms with E-state index in [-0.39, 0.29) is 0 Å². The van der Waals surface area contributed by atoms with E-state index in [9.17, 15) is 9.59 Å². The fourth-order valence-corrected chi connectivity index (χ4v) is 0.644. The van der Waals surface area contributed by atoms with Crippen LogP contribution >= 0.6 is 0 Å². The van der Waals surface area contributed by atoms with Gasteiger partial charge in [-0.15, -0.1) is 0 Å². The van der Waals surface area contributed by atoms with Crippen LogP contribution in [0.25, 0.3) is 0 Å². The zero-order chi connectivity index (χ0) is 14.0. The number of aliphatic carboxylic acids is 1. The van der Waals surface area contributed by atoms with Crippen LogP contribution in [0.1, 0.15) is 34.0 Å². The normalized spacial score (nSPS) is 27.3. The van der Waals surface area contributed by atoms with E-state index >= 15 is 0 Å². The van der Waals surface area contributed by atoms with Crippen molar-refractivity contribution in [1.82, 2.24) is 5.32 Å². The summed E-state index contributed by atoms with van der Waals surface area (Å²) in [5, 5.41) is 10.8. The molecule has 3 atom stereocenters. The predicted molar refractivity (Wildman–Crippen MR) is 44.7 cm³/mol. The van der Waals surface area contributed by atoms with Crippen LogP contribution in [0.2, 0.25) is 0 Å². The lowest BCUT2D eigenvalue weighted by Crippen LogP contribution is -2.40. The van der Waals surface area contributed by atoms with Gasteiger partial charge in [0, 0.05) is 13.8 Å². The van der Waals surface area contributed by atoms with Crippen LogP contribution in [0.15, 0.2) is 0 Å². The summed E-state index contributed by atoms with van der Waals surface area (Å²) in [5.74, 6) is -4.53.